The number of unbranched alkanes of at least 4 members (excludes halogenated alkanes) is 1. The lowest BCUT2D eigenvalue weighted by atomic mass is 9.99. The molecule has 3 nitrogen and oxygen atoms in total. The van der Waals surface area contributed by atoms with Crippen molar-refractivity contribution in [2.24, 2.45) is 5.92 Å². The van der Waals surface area contributed by atoms with Crippen LogP contribution in [0.1, 0.15) is 47.0 Å². The van der Waals surface area contributed by atoms with Gasteiger partial charge in [0.25, 0.3) is 0 Å². The average molecular weight is 256 g/mol. The molecule has 2 atom stereocenters. The minimum absolute atomic E-state index is 0.615. The first-order valence-electron chi connectivity index (χ1n) is 7.68. The van der Waals surface area contributed by atoms with Gasteiger partial charge in [0, 0.05) is 38.3 Å². The lowest BCUT2D eigenvalue weighted by Crippen LogP contribution is -2.56. The van der Waals surface area contributed by atoms with E-state index in [0.29, 0.717) is 12.1 Å². The number of rotatable bonds is 8. The highest BCUT2D eigenvalue weighted by molar-refractivity contribution is 4.84. The standard InChI is InChI=1S/C15H32N2O/c1-5-6-8-18-9-7-17-12-14(4)16-11-15(17)10-13(2)3/h13-16H,5-12H2,1-4H3. The van der Waals surface area contributed by atoms with Gasteiger partial charge >= 0.3 is 0 Å². The van der Waals surface area contributed by atoms with E-state index in [4.69, 9.17) is 4.74 Å². The zero-order valence-electron chi connectivity index (χ0n) is 12.7. The van der Waals surface area contributed by atoms with Gasteiger partial charge in [-0.05, 0) is 25.7 Å². The van der Waals surface area contributed by atoms with Crippen molar-refractivity contribution in [2.75, 3.05) is 32.8 Å². The first-order valence-corrected chi connectivity index (χ1v) is 7.68. The van der Waals surface area contributed by atoms with Crippen molar-refractivity contribution in [3.63, 3.8) is 0 Å². The van der Waals surface area contributed by atoms with Crippen LogP contribution >= 0.6 is 0 Å². The van der Waals surface area contributed by atoms with E-state index in [1.165, 1.54) is 19.3 Å². The SMILES string of the molecule is CCCCOCCN1CC(C)NCC1CC(C)C. The van der Waals surface area contributed by atoms with Crippen molar-refractivity contribution in [2.45, 2.75) is 59.0 Å². The Morgan fingerprint density at radius 3 is 2.78 bits per heavy atom. The minimum Gasteiger partial charge on any atom is -0.380 e. The molecule has 0 aliphatic carbocycles. The lowest BCUT2D eigenvalue weighted by molar-refractivity contribution is 0.0599. The zero-order chi connectivity index (χ0) is 13.4. The van der Waals surface area contributed by atoms with Crippen LogP contribution in [-0.4, -0.2) is 49.8 Å². The van der Waals surface area contributed by atoms with Crippen LogP contribution in [0.25, 0.3) is 0 Å². The molecule has 1 fully saturated rings. The number of piperazine rings is 1. The van der Waals surface area contributed by atoms with Crippen LogP contribution in [0.4, 0.5) is 0 Å². The molecular formula is C15H32N2O. The van der Waals surface area contributed by atoms with Crippen LogP contribution in [0.5, 0.6) is 0 Å². The Morgan fingerprint density at radius 2 is 2.11 bits per heavy atom. The maximum absolute atomic E-state index is 5.70. The molecule has 1 N–H and O–H groups in total. The summed E-state index contributed by atoms with van der Waals surface area (Å²) in [5.41, 5.74) is 0. The fraction of sp³-hybridized carbons (Fsp3) is 1.00. The van der Waals surface area contributed by atoms with E-state index in [0.717, 1.165) is 38.8 Å². The Balaban J connectivity index is 2.27. The van der Waals surface area contributed by atoms with Gasteiger partial charge in [0.1, 0.15) is 0 Å². The number of nitrogens with zero attached hydrogens (tertiary/aromatic N) is 1. The van der Waals surface area contributed by atoms with E-state index in [1.807, 2.05) is 0 Å². The molecule has 1 saturated heterocycles. The van der Waals surface area contributed by atoms with E-state index in [9.17, 15) is 0 Å². The molecule has 0 aromatic rings. The van der Waals surface area contributed by atoms with Crippen molar-refractivity contribution in [3.8, 4) is 0 Å². The van der Waals surface area contributed by atoms with Crippen molar-refractivity contribution in [1.29, 1.82) is 0 Å². The third-order valence-corrected chi connectivity index (χ3v) is 3.64. The topological polar surface area (TPSA) is 24.5 Å². The van der Waals surface area contributed by atoms with Crippen LogP contribution in [0.3, 0.4) is 0 Å². The summed E-state index contributed by atoms with van der Waals surface area (Å²) in [4.78, 5) is 2.62. The maximum atomic E-state index is 5.70. The predicted molar refractivity (Wildman–Crippen MR) is 78.0 cm³/mol. The van der Waals surface area contributed by atoms with Gasteiger partial charge in [-0.2, -0.15) is 0 Å². The summed E-state index contributed by atoms with van der Waals surface area (Å²) >= 11 is 0. The molecule has 0 bridgehead atoms. The number of nitrogens with one attached hydrogen (secondary N) is 1. The van der Waals surface area contributed by atoms with Crippen molar-refractivity contribution < 1.29 is 4.74 Å². The summed E-state index contributed by atoms with van der Waals surface area (Å²) in [6.07, 6.45) is 3.70. The highest BCUT2D eigenvalue weighted by Crippen LogP contribution is 2.15. The monoisotopic (exact) mass is 256 g/mol. The summed E-state index contributed by atoms with van der Waals surface area (Å²) in [5.74, 6) is 0.772. The minimum atomic E-state index is 0.615. The summed E-state index contributed by atoms with van der Waals surface area (Å²) in [6.45, 7) is 14.3. The van der Waals surface area contributed by atoms with Crippen LogP contribution in [0.15, 0.2) is 0 Å². The molecular weight excluding hydrogens is 224 g/mol. The normalized spacial score (nSPS) is 25.8. The van der Waals surface area contributed by atoms with E-state index in [1.54, 1.807) is 0 Å². The van der Waals surface area contributed by atoms with Crippen LogP contribution in [0, 0.1) is 5.92 Å². The number of ether oxygens (including phenoxy) is 1. The van der Waals surface area contributed by atoms with E-state index >= 15 is 0 Å². The molecule has 0 amide bonds. The van der Waals surface area contributed by atoms with Gasteiger partial charge in [-0.25, -0.2) is 0 Å². The molecule has 3 heteroatoms. The summed E-state index contributed by atoms with van der Waals surface area (Å²) in [6, 6.07) is 1.31. The van der Waals surface area contributed by atoms with Crippen molar-refractivity contribution in [3.05, 3.63) is 0 Å². The van der Waals surface area contributed by atoms with Crippen LogP contribution in [0.2, 0.25) is 0 Å². The summed E-state index contributed by atoms with van der Waals surface area (Å²) in [5, 5.41) is 3.60. The summed E-state index contributed by atoms with van der Waals surface area (Å²) < 4.78 is 5.70. The Hall–Kier alpha value is -0.120. The van der Waals surface area contributed by atoms with Crippen LogP contribution < -0.4 is 5.32 Å². The Labute approximate surface area is 113 Å². The molecule has 0 saturated carbocycles. The predicted octanol–water partition coefficient (Wildman–Crippen LogP) is 2.51. The van der Waals surface area contributed by atoms with Gasteiger partial charge in [0.15, 0.2) is 0 Å². The highest BCUT2D eigenvalue weighted by atomic mass is 16.5. The van der Waals surface area contributed by atoms with Gasteiger partial charge in [0.2, 0.25) is 0 Å². The zero-order valence-corrected chi connectivity index (χ0v) is 12.7. The number of hydrogen-bond acceptors (Lipinski definition) is 3. The Morgan fingerprint density at radius 1 is 1.33 bits per heavy atom. The first kappa shape index (κ1) is 15.9. The van der Waals surface area contributed by atoms with Crippen LogP contribution in [-0.2, 0) is 4.74 Å². The molecule has 108 valence electrons. The number of hydrogen-bond donors (Lipinski definition) is 1. The second-order valence-corrected chi connectivity index (χ2v) is 6.05. The van der Waals surface area contributed by atoms with Gasteiger partial charge < -0.3 is 10.1 Å². The van der Waals surface area contributed by atoms with E-state index in [2.05, 4.69) is 37.9 Å². The quantitative estimate of drug-likeness (QED) is 0.675. The van der Waals surface area contributed by atoms with Gasteiger partial charge in [0.05, 0.1) is 6.61 Å². The lowest BCUT2D eigenvalue weighted by Gasteiger charge is -2.40. The average Bonchev–Trinajstić information content (AvgIpc) is 2.31. The first-order chi connectivity index (χ1) is 8.63. The smallest absolute Gasteiger partial charge is 0.0593 e. The molecule has 0 aromatic heterocycles. The molecule has 0 radical (unpaired) electrons. The Kier molecular flexibility index (Phi) is 7.87. The molecule has 1 aliphatic rings. The fourth-order valence-electron chi connectivity index (χ4n) is 2.61. The maximum Gasteiger partial charge on any atom is 0.0593 e. The van der Waals surface area contributed by atoms with Gasteiger partial charge in [-0.1, -0.05) is 27.2 Å². The largest absolute Gasteiger partial charge is 0.380 e. The molecule has 18 heavy (non-hydrogen) atoms. The third kappa shape index (κ3) is 6.17. The van der Waals surface area contributed by atoms with Crippen molar-refractivity contribution in [1.82, 2.24) is 10.2 Å². The van der Waals surface area contributed by atoms with Gasteiger partial charge in [-0.3, -0.25) is 4.90 Å². The van der Waals surface area contributed by atoms with Gasteiger partial charge in [-0.15, -0.1) is 0 Å². The molecule has 2 unspecified atom stereocenters. The third-order valence-electron chi connectivity index (χ3n) is 3.64. The molecule has 1 heterocycles. The summed E-state index contributed by atoms with van der Waals surface area (Å²) in [7, 11) is 0. The van der Waals surface area contributed by atoms with Crippen molar-refractivity contribution >= 4 is 0 Å². The van der Waals surface area contributed by atoms with E-state index < -0.39 is 0 Å². The second-order valence-electron chi connectivity index (χ2n) is 6.05. The second kappa shape index (κ2) is 8.89. The Bertz CT molecular complexity index is 209. The molecule has 1 aliphatic heterocycles. The molecule has 0 aromatic carbocycles. The molecule has 1 rings (SSSR count). The molecule has 0 spiro atoms. The highest BCUT2D eigenvalue weighted by Gasteiger charge is 2.25. The fourth-order valence-corrected chi connectivity index (χ4v) is 2.61. The van der Waals surface area contributed by atoms with E-state index in [-0.39, 0.29) is 0 Å².